The van der Waals surface area contributed by atoms with Gasteiger partial charge in [-0.15, -0.1) is 0 Å². The van der Waals surface area contributed by atoms with E-state index in [-0.39, 0.29) is 6.10 Å². The molecule has 0 aliphatic rings. The lowest BCUT2D eigenvalue weighted by molar-refractivity contribution is -0.153. The number of hydrogen-bond acceptors (Lipinski definition) is 3. The van der Waals surface area contributed by atoms with Gasteiger partial charge in [-0.1, -0.05) is 46.0 Å². The quantitative estimate of drug-likeness (QED) is 0.463. The van der Waals surface area contributed by atoms with Crippen LogP contribution in [0.1, 0.15) is 65.2 Å². The van der Waals surface area contributed by atoms with E-state index in [2.05, 4.69) is 13.8 Å². The van der Waals surface area contributed by atoms with Gasteiger partial charge in [0, 0.05) is 0 Å². The molecule has 0 aromatic carbocycles. The van der Waals surface area contributed by atoms with Crippen molar-refractivity contribution < 1.29 is 14.6 Å². The van der Waals surface area contributed by atoms with Crippen molar-refractivity contribution in [2.75, 3.05) is 6.61 Å². The molecule has 0 fully saturated rings. The molecule has 0 aromatic heterocycles. The second-order valence-electron chi connectivity index (χ2n) is 4.26. The van der Waals surface area contributed by atoms with E-state index in [0.717, 1.165) is 32.1 Å². The molecule has 0 amide bonds. The third kappa shape index (κ3) is 8.72. The lowest BCUT2D eigenvalue weighted by atomic mass is 10.0. The standard InChI is InChI=1S/C13H26O3/c1-3-5-7-8-10-12(9-6-4-2)16-13(15)11-14/h12,14H,3-11H2,1-2H3. The summed E-state index contributed by atoms with van der Waals surface area (Å²) < 4.78 is 5.19. The molecule has 1 atom stereocenters. The maximum absolute atomic E-state index is 11.0. The number of rotatable bonds is 10. The zero-order chi connectivity index (χ0) is 12.2. The topological polar surface area (TPSA) is 46.5 Å². The SMILES string of the molecule is CCCCCCC(CCCC)OC(=O)CO. The van der Waals surface area contributed by atoms with Gasteiger partial charge in [0.25, 0.3) is 0 Å². The molecule has 16 heavy (non-hydrogen) atoms. The van der Waals surface area contributed by atoms with Crippen molar-refractivity contribution in [1.29, 1.82) is 0 Å². The predicted octanol–water partition coefficient (Wildman–Crippen LogP) is 3.05. The number of hydrogen-bond donors (Lipinski definition) is 1. The van der Waals surface area contributed by atoms with Gasteiger partial charge in [-0.25, -0.2) is 4.79 Å². The Morgan fingerprint density at radius 3 is 2.25 bits per heavy atom. The fourth-order valence-corrected chi connectivity index (χ4v) is 1.72. The molecular formula is C13H26O3. The summed E-state index contributed by atoms with van der Waals surface area (Å²) in [6.07, 6.45) is 8.84. The van der Waals surface area contributed by atoms with Crippen LogP contribution in [0.25, 0.3) is 0 Å². The first-order chi connectivity index (χ1) is 7.74. The van der Waals surface area contributed by atoms with E-state index in [1.54, 1.807) is 0 Å². The summed E-state index contributed by atoms with van der Waals surface area (Å²) >= 11 is 0. The maximum Gasteiger partial charge on any atom is 0.332 e. The molecular weight excluding hydrogens is 204 g/mol. The van der Waals surface area contributed by atoms with Crippen LogP contribution < -0.4 is 0 Å². The van der Waals surface area contributed by atoms with Crippen molar-refractivity contribution in [1.82, 2.24) is 0 Å². The normalized spacial score (nSPS) is 12.4. The van der Waals surface area contributed by atoms with Crippen molar-refractivity contribution in [3.63, 3.8) is 0 Å². The van der Waals surface area contributed by atoms with Gasteiger partial charge in [-0.05, 0) is 19.3 Å². The van der Waals surface area contributed by atoms with Gasteiger partial charge in [0.05, 0.1) is 0 Å². The van der Waals surface area contributed by atoms with Crippen LogP contribution in [0.5, 0.6) is 0 Å². The van der Waals surface area contributed by atoms with Gasteiger partial charge < -0.3 is 9.84 Å². The smallest absolute Gasteiger partial charge is 0.332 e. The Morgan fingerprint density at radius 2 is 1.69 bits per heavy atom. The van der Waals surface area contributed by atoms with Crippen LogP contribution in [0.3, 0.4) is 0 Å². The van der Waals surface area contributed by atoms with E-state index in [4.69, 9.17) is 9.84 Å². The second-order valence-corrected chi connectivity index (χ2v) is 4.26. The highest BCUT2D eigenvalue weighted by Gasteiger charge is 2.12. The van der Waals surface area contributed by atoms with Crippen molar-refractivity contribution >= 4 is 5.97 Å². The molecule has 0 saturated carbocycles. The summed E-state index contributed by atoms with van der Waals surface area (Å²) in [7, 11) is 0. The Labute approximate surface area is 99.2 Å². The molecule has 3 heteroatoms. The molecule has 0 radical (unpaired) electrons. The third-order valence-corrected chi connectivity index (χ3v) is 2.69. The van der Waals surface area contributed by atoms with Crippen LogP contribution in [-0.4, -0.2) is 23.8 Å². The van der Waals surface area contributed by atoms with Crippen LogP contribution in [0.4, 0.5) is 0 Å². The lowest BCUT2D eigenvalue weighted by Gasteiger charge is -2.17. The minimum Gasteiger partial charge on any atom is -0.461 e. The predicted molar refractivity (Wildman–Crippen MR) is 65.2 cm³/mol. The zero-order valence-electron chi connectivity index (χ0n) is 10.7. The van der Waals surface area contributed by atoms with Crippen LogP contribution in [-0.2, 0) is 9.53 Å². The summed E-state index contributed by atoms with van der Waals surface area (Å²) in [6.45, 7) is 3.81. The summed E-state index contributed by atoms with van der Waals surface area (Å²) in [5.41, 5.74) is 0. The summed E-state index contributed by atoms with van der Waals surface area (Å²) in [5, 5.41) is 8.64. The number of aliphatic hydroxyl groups is 1. The van der Waals surface area contributed by atoms with Crippen molar-refractivity contribution in [2.24, 2.45) is 0 Å². The molecule has 0 saturated heterocycles. The van der Waals surface area contributed by atoms with E-state index >= 15 is 0 Å². The van der Waals surface area contributed by atoms with E-state index in [1.165, 1.54) is 19.3 Å². The zero-order valence-corrected chi connectivity index (χ0v) is 10.7. The Balaban J connectivity index is 3.75. The van der Waals surface area contributed by atoms with Crippen LogP contribution in [0.15, 0.2) is 0 Å². The van der Waals surface area contributed by atoms with E-state index in [0.29, 0.717) is 0 Å². The minimum atomic E-state index is -0.502. The number of carbonyl (C=O) groups excluding carboxylic acids is 1. The number of esters is 1. The number of aliphatic hydroxyl groups excluding tert-OH is 1. The first-order valence-electron chi connectivity index (χ1n) is 6.54. The molecule has 0 rings (SSSR count). The molecule has 0 aliphatic carbocycles. The highest BCUT2D eigenvalue weighted by molar-refractivity contribution is 5.70. The Kier molecular flexibility index (Phi) is 10.5. The summed E-state index contributed by atoms with van der Waals surface area (Å²) in [6, 6.07) is 0. The van der Waals surface area contributed by atoms with Crippen molar-refractivity contribution in [3.05, 3.63) is 0 Å². The first kappa shape index (κ1) is 15.4. The third-order valence-electron chi connectivity index (χ3n) is 2.69. The van der Waals surface area contributed by atoms with Gasteiger partial charge in [-0.3, -0.25) is 0 Å². The van der Waals surface area contributed by atoms with Crippen molar-refractivity contribution in [3.8, 4) is 0 Å². The lowest BCUT2D eigenvalue weighted by Crippen LogP contribution is -2.20. The largest absolute Gasteiger partial charge is 0.461 e. The molecule has 0 aromatic rings. The van der Waals surface area contributed by atoms with Crippen LogP contribution in [0, 0.1) is 0 Å². The fraction of sp³-hybridized carbons (Fsp3) is 0.923. The van der Waals surface area contributed by atoms with E-state index in [9.17, 15) is 4.79 Å². The number of carbonyl (C=O) groups is 1. The molecule has 0 spiro atoms. The van der Waals surface area contributed by atoms with Gasteiger partial charge >= 0.3 is 5.97 Å². The fourth-order valence-electron chi connectivity index (χ4n) is 1.72. The summed E-state index contributed by atoms with van der Waals surface area (Å²) in [4.78, 5) is 11.0. The van der Waals surface area contributed by atoms with Gasteiger partial charge in [0.1, 0.15) is 12.7 Å². The molecule has 0 heterocycles. The molecule has 1 N–H and O–H groups in total. The maximum atomic E-state index is 11.0. The van der Waals surface area contributed by atoms with Crippen LogP contribution in [0.2, 0.25) is 0 Å². The number of unbranched alkanes of at least 4 members (excludes halogenated alkanes) is 4. The number of ether oxygens (including phenoxy) is 1. The van der Waals surface area contributed by atoms with Crippen LogP contribution >= 0.6 is 0 Å². The van der Waals surface area contributed by atoms with Gasteiger partial charge in [0.15, 0.2) is 0 Å². The average molecular weight is 230 g/mol. The Bertz CT molecular complexity index is 169. The average Bonchev–Trinajstić information content (AvgIpc) is 2.30. The van der Waals surface area contributed by atoms with E-state index < -0.39 is 12.6 Å². The van der Waals surface area contributed by atoms with E-state index in [1.807, 2.05) is 0 Å². The highest BCUT2D eigenvalue weighted by Crippen LogP contribution is 2.14. The first-order valence-corrected chi connectivity index (χ1v) is 6.54. The van der Waals surface area contributed by atoms with Gasteiger partial charge in [0.2, 0.25) is 0 Å². The molecule has 0 aliphatic heterocycles. The monoisotopic (exact) mass is 230 g/mol. The highest BCUT2D eigenvalue weighted by atomic mass is 16.6. The summed E-state index contributed by atoms with van der Waals surface area (Å²) in [5.74, 6) is -0.489. The minimum absolute atomic E-state index is 0.0106. The molecule has 1 unspecified atom stereocenters. The van der Waals surface area contributed by atoms with Crippen molar-refractivity contribution in [2.45, 2.75) is 71.3 Å². The Morgan fingerprint density at radius 1 is 1.06 bits per heavy atom. The molecule has 96 valence electrons. The van der Waals surface area contributed by atoms with Gasteiger partial charge in [-0.2, -0.15) is 0 Å². The molecule has 3 nitrogen and oxygen atoms in total. The molecule has 0 bridgehead atoms. The Hall–Kier alpha value is -0.570. The second kappa shape index (κ2) is 10.9.